The van der Waals surface area contributed by atoms with Gasteiger partial charge in [-0.25, -0.2) is 0 Å². The summed E-state index contributed by atoms with van der Waals surface area (Å²) in [6.45, 7) is 17.2. The fraction of sp³-hybridized carbons (Fsp3) is 0.879. The van der Waals surface area contributed by atoms with Crippen molar-refractivity contribution in [1.29, 1.82) is 0 Å². The summed E-state index contributed by atoms with van der Waals surface area (Å²) in [6, 6.07) is 0. The molecule has 0 saturated heterocycles. The number of aliphatic hydroxyl groups excluding tert-OH is 1. The molecule has 9 unspecified atom stereocenters. The Kier molecular flexibility index (Phi) is 6.96. The fourth-order valence-electron chi connectivity index (χ4n) is 11.8. The van der Waals surface area contributed by atoms with Crippen LogP contribution in [0.2, 0.25) is 0 Å². The van der Waals surface area contributed by atoms with Crippen LogP contribution in [0.1, 0.15) is 113 Å². The average Bonchev–Trinajstić information content (AvgIpc) is 3.14. The largest absolute Gasteiger partial charge is 0.462 e. The minimum absolute atomic E-state index is 0.0330. The number of hydrogen-bond acceptors (Lipinski definition) is 6. The van der Waals surface area contributed by atoms with Crippen molar-refractivity contribution in [3.63, 3.8) is 0 Å². The Hall–Kier alpha value is -1.76. The number of carbonyl (C=O) groups excluding carboxylic acids is 2. The highest BCUT2D eigenvalue weighted by molar-refractivity contribution is 6.00. The molecule has 0 aliphatic heterocycles. The van der Waals surface area contributed by atoms with Crippen LogP contribution in [0.25, 0.3) is 0 Å². The molecule has 7 nitrogen and oxygen atoms in total. The Balaban J connectivity index is 1.56. The number of carbonyl (C=O) groups is 2. The molecular weight excluding hydrogens is 506 g/mol. The second kappa shape index (κ2) is 9.37. The summed E-state index contributed by atoms with van der Waals surface area (Å²) in [5.74, 6) is 1.04. The Bertz CT molecular complexity index is 1140. The third-order valence-corrected chi connectivity index (χ3v) is 13.7. The van der Waals surface area contributed by atoms with Gasteiger partial charge in [0.2, 0.25) is 6.54 Å². The van der Waals surface area contributed by atoms with Gasteiger partial charge in [0.25, 0.3) is 0 Å². The summed E-state index contributed by atoms with van der Waals surface area (Å²) in [4.78, 5) is 36.6. The highest BCUT2D eigenvalue weighted by Gasteiger charge is 2.71. The molecule has 0 amide bonds. The molecule has 9 atom stereocenters. The van der Waals surface area contributed by atoms with Gasteiger partial charge in [-0.15, -0.1) is 0 Å². The molecule has 0 heterocycles. The fourth-order valence-corrected chi connectivity index (χ4v) is 11.8. The maximum atomic E-state index is 13.6. The molecule has 0 spiro atoms. The van der Waals surface area contributed by atoms with Gasteiger partial charge in [-0.05, 0) is 96.9 Å². The molecule has 5 rings (SSSR count). The van der Waals surface area contributed by atoms with E-state index in [0.29, 0.717) is 18.3 Å². The summed E-state index contributed by atoms with van der Waals surface area (Å²) in [5.41, 5.74) is 1.15. The molecular formula is C33H51NO6. The van der Waals surface area contributed by atoms with E-state index in [1.54, 1.807) is 0 Å². The van der Waals surface area contributed by atoms with Crippen molar-refractivity contribution in [2.24, 2.45) is 50.7 Å². The van der Waals surface area contributed by atoms with E-state index in [9.17, 15) is 24.8 Å². The number of nitro groups is 1. The number of rotatable bonds is 5. The molecule has 0 aromatic heterocycles. The van der Waals surface area contributed by atoms with Crippen LogP contribution in [0.5, 0.6) is 0 Å². The minimum Gasteiger partial charge on any atom is -0.462 e. The maximum Gasteiger partial charge on any atom is 0.302 e. The summed E-state index contributed by atoms with van der Waals surface area (Å²) in [6.07, 6.45) is 6.65. The van der Waals surface area contributed by atoms with Gasteiger partial charge < -0.3 is 9.84 Å². The molecule has 0 aromatic carbocycles. The van der Waals surface area contributed by atoms with Crippen molar-refractivity contribution in [2.75, 3.05) is 6.54 Å². The number of ether oxygens (including phenoxy) is 1. The first-order chi connectivity index (χ1) is 18.5. The number of allylic oxidation sites excluding steroid dienone is 1. The van der Waals surface area contributed by atoms with Crippen LogP contribution in [0.15, 0.2) is 11.1 Å². The quantitative estimate of drug-likeness (QED) is 0.234. The summed E-state index contributed by atoms with van der Waals surface area (Å²) in [7, 11) is 0. The maximum absolute atomic E-state index is 13.6. The topological polar surface area (TPSA) is 107 Å². The predicted octanol–water partition coefficient (Wildman–Crippen LogP) is 6.54. The van der Waals surface area contributed by atoms with Crippen molar-refractivity contribution < 1.29 is 24.4 Å². The first-order valence-electron chi connectivity index (χ1n) is 15.7. The monoisotopic (exact) mass is 557 g/mol. The first-order valence-corrected chi connectivity index (χ1v) is 15.7. The zero-order chi connectivity index (χ0) is 29.6. The Labute approximate surface area is 240 Å². The van der Waals surface area contributed by atoms with Crippen LogP contribution in [-0.2, 0) is 14.3 Å². The highest BCUT2D eigenvalue weighted by atomic mass is 16.6. The van der Waals surface area contributed by atoms with Crippen molar-refractivity contribution in [1.82, 2.24) is 0 Å². The van der Waals surface area contributed by atoms with E-state index in [2.05, 4.69) is 48.5 Å². The average molecular weight is 558 g/mol. The highest BCUT2D eigenvalue weighted by Crippen LogP contribution is 2.77. The van der Waals surface area contributed by atoms with Crippen LogP contribution >= 0.6 is 0 Å². The molecule has 0 radical (unpaired) electrons. The van der Waals surface area contributed by atoms with Gasteiger partial charge in [0.1, 0.15) is 12.2 Å². The zero-order valence-electron chi connectivity index (χ0n) is 26.0. The molecule has 5 aliphatic carbocycles. The minimum atomic E-state index is -1.14. The van der Waals surface area contributed by atoms with Crippen LogP contribution in [0, 0.1) is 60.9 Å². The van der Waals surface area contributed by atoms with E-state index in [1.165, 1.54) is 6.92 Å². The third-order valence-electron chi connectivity index (χ3n) is 13.7. The third kappa shape index (κ3) is 3.84. The standard InChI is InChI=1S/C33H51NO6/c1-19(2)27-22(36)17-33(25(37)18-34(38)39)16-15-31(7)21(28(27)33)9-10-24-30(6)13-12-26(40-20(3)35)29(4,5)23(30)11-14-32(24,31)8/h19,21,23-26,37H,9-18H2,1-8H3. The van der Waals surface area contributed by atoms with Crippen LogP contribution in [0.4, 0.5) is 0 Å². The van der Waals surface area contributed by atoms with Crippen LogP contribution < -0.4 is 0 Å². The van der Waals surface area contributed by atoms with E-state index in [1.807, 2.05) is 0 Å². The molecule has 4 saturated carbocycles. The Morgan fingerprint density at radius 1 is 1.00 bits per heavy atom. The SMILES string of the molecule is CC(=O)OC1CCC2(C)C(CCC3(C)C2CCC2C4=C(C(C)C)C(=O)CC4(C(O)C[N+](=O)[O-])CCC23C)C1(C)C. The number of hydrogen-bond donors (Lipinski definition) is 1. The molecule has 0 aromatic rings. The normalized spacial score (nSPS) is 44.8. The Morgan fingerprint density at radius 2 is 1.68 bits per heavy atom. The predicted molar refractivity (Wildman–Crippen MR) is 153 cm³/mol. The number of Topliss-reactive ketones (excluding diaryl/α,β-unsaturated/α-hetero) is 1. The molecule has 5 aliphatic rings. The number of esters is 1. The van der Waals surface area contributed by atoms with Gasteiger partial charge in [-0.2, -0.15) is 0 Å². The summed E-state index contributed by atoms with van der Waals surface area (Å²) < 4.78 is 5.87. The summed E-state index contributed by atoms with van der Waals surface area (Å²) >= 11 is 0. The smallest absolute Gasteiger partial charge is 0.302 e. The molecule has 7 heteroatoms. The van der Waals surface area contributed by atoms with Crippen molar-refractivity contribution in [3.05, 3.63) is 21.3 Å². The summed E-state index contributed by atoms with van der Waals surface area (Å²) in [5, 5.41) is 22.9. The van der Waals surface area contributed by atoms with E-state index in [-0.39, 0.29) is 57.8 Å². The molecule has 1 N–H and O–H groups in total. The molecule has 4 fully saturated rings. The van der Waals surface area contributed by atoms with Crippen LogP contribution in [0.3, 0.4) is 0 Å². The van der Waals surface area contributed by atoms with Gasteiger partial charge in [-0.3, -0.25) is 19.7 Å². The first kappa shape index (κ1) is 29.7. The van der Waals surface area contributed by atoms with Gasteiger partial charge in [0.05, 0.1) is 0 Å². The Morgan fingerprint density at radius 3 is 2.27 bits per heavy atom. The van der Waals surface area contributed by atoms with E-state index in [4.69, 9.17) is 4.74 Å². The van der Waals surface area contributed by atoms with Gasteiger partial charge in [0.15, 0.2) is 5.78 Å². The number of aliphatic hydroxyl groups is 1. The van der Waals surface area contributed by atoms with E-state index < -0.39 is 23.0 Å². The number of fused-ring (bicyclic) bond motifs is 7. The molecule has 224 valence electrons. The lowest BCUT2D eigenvalue weighted by Gasteiger charge is -2.72. The van der Waals surface area contributed by atoms with Crippen LogP contribution in [-0.4, -0.2) is 40.5 Å². The van der Waals surface area contributed by atoms with Crippen molar-refractivity contribution in [3.8, 4) is 0 Å². The van der Waals surface area contributed by atoms with Gasteiger partial charge in [0, 0.05) is 29.1 Å². The lowest BCUT2D eigenvalue weighted by Crippen LogP contribution is -2.66. The van der Waals surface area contributed by atoms with Gasteiger partial charge >= 0.3 is 5.97 Å². The van der Waals surface area contributed by atoms with Crippen molar-refractivity contribution >= 4 is 11.8 Å². The molecule has 40 heavy (non-hydrogen) atoms. The lowest BCUT2D eigenvalue weighted by atomic mass is 9.33. The second-order valence-corrected chi connectivity index (χ2v) is 15.8. The lowest BCUT2D eigenvalue weighted by molar-refractivity contribution is -0.494. The number of nitrogens with zero attached hydrogens (tertiary/aromatic N) is 1. The van der Waals surface area contributed by atoms with Gasteiger partial charge in [-0.1, -0.05) is 54.0 Å². The zero-order valence-corrected chi connectivity index (χ0v) is 26.0. The van der Waals surface area contributed by atoms with E-state index >= 15 is 0 Å². The second-order valence-electron chi connectivity index (χ2n) is 15.8. The number of ketones is 1. The van der Waals surface area contributed by atoms with Crippen molar-refractivity contribution in [2.45, 2.75) is 125 Å². The molecule has 0 bridgehead atoms. The van der Waals surface area contributed by atoms with E-state index in [0.717, 1.165) is 56.1 Å².